The van der Waals surface area contributed by atoms with Gasteiger partial charge in [0.15, 0.2) is 5.54 Å². The van der Waals surface area contributed by atoms with Gasteiger partial charge in [-0.3, -0.25) is 4.79 Å². The summed E-state index contributed by atoms with van der Waals surface area (Å²) in [5.74, 6) is -3.16. The molecule has 0 aliphatic rings. The lowest BCUT2D eigenvalue weighted by molar-refractivity contribution is -0.152. The normalized spacial score (nSPS) is 15.0. The zero-order valence-corrected chi connectivity index (χ0v) is 12.2. The SMILES string of the molecule is COC(=O)[C@](C)(NC(=O)[C@@H](C)OC)c1cc(F)ccc1F. The van der Waals surface area contributed by atoms with E-state index in [0.717, 1.165) is 25.3 Å². The smallest absolute Gasteiger partial charge is 0.336 e. The van der Waals surface area contributed by atoms with Crippen LogP contribution in [0.4, 0.5) is 8.78 Å². The third-order valence-electron chi connectivity index (χ3n) is 3.16. The van der Waals surface area contributed by atoms with E-state index >= 15 is 0 Å². The summed E-state index contributed by atoms with van der Waals surface area (Å²) in [5.41, 5.74) is -2.20. The Balaban J connectivity index is 3.30. The van der Waals surface area contributed by atoms with Gasteiger partial charge in [-0.15, -0.1) is 0 Å². The van der Waals surface area contributed by atoms with Crippen LogP contribution >= 0.6 is 0 Å². The monoisotopic (exact) mass is 301 g/mol. The number of nitrogens with one attached hydrogen (secondary N) is 1. The van der Waals surface area contributed by atoms with Gasteiger partial charge >= 0.3 is 5.97 Å². The van der Waals surface area contributed by atoms with Gasteiger partial charge in [-0.25, -0.2) is 13.6 Å². The van der Waals surface area contributed by atoms with Crippen LogP contribution in [0.3, 0.4) is 0 Å². The molecular weight excluding hydrogens is 284 g/mol. The Hall–Kier alpha value is -2.02. The fourth-order valence-electron chi connectivity index (χ4n) is 1.77. The molecular formula is C14H17F2NO4. The highest BCUT2D eigenvalue weighted by molar-refractivity contribution is 5.90. The Morgan fingerprint density at radius 3 is 2.43 bits per heavy atom. The second-order valence-corrected chi connectivity index (χ2v) is 4.61. The third kappa shape index (κ3) is 3.55. The molecule has 7 heteroatoms. The molecule has 0 aliphatic heterocycles. The van der Waals surface area contributed by atoms with Crippen molar-refractivity contribution in [2.24, 2.45) is 0 Å². The van der Waals surface area contributed by atoms with Crippen LogP contribution in [-0.2, 0) is 24.6 Å². The van der Waals surface area contributed by atoms with Crippen LogP contribution in [0.1, 0.15) is 19.4 Å². The maximum Gasteiger partial charge on any atom is 0.336 e. The van der Waals surface area contributed by atoms with E-state index in [9.17, 15) is 18.4 Å². The van der Waals surface area contributed by atoms with Crippen molar-refractivity contribution in [2.75, 3.05) is 14.2 Å². The highest BCUT2D eigenvalue weighted by Gasteiger charge is 2.41. The van der Waals surface area contributed by atoms with Crippen molar-refractivity contribution in [3.8, 4) is 0 Å². The molecule has 116 valence electrons. The van der Waals surface area contributed by atoms with Crippen molar-refractivity contribution in [3.05, 3.63) is 35.4 Å². The minimum absolute atomic E-state index is 0.328. The Labute approximate surface area is 121 Å². The fraction of sp³-hybridized carbons (Fsp3) is 0.429. The van der Waals surface area contributed by atoms with E-state index in [2.05, 4.69) is 10.1 Å². The molecule has 0 aliphatic carbocycles. The number of carbonyl (C=O) groups excluding carboxylic acids is 2. The maximum absolute atomic E-state index is 13.9. The molecule has 0 fully saturated rings. The van der Waals surface area contributed by atoms with Crippen LogP contribution in [0.25, 0.3) is 0 Å². The van der Waals surface area contributed by atoms with Crippen LogP contribution in [0.15, 0.2) is 18.2 Å². The minimum atomic E-state index is -1.87. The predicted octanol–water partition coefficient (Wildman–Crippen LogP) is 1.50. The van der Waals surface area contributed by atoms with Crippen molar-refractivity contribution in [3.63, 3.8) is 0 Å². The molecule has 1 aromatic carbocycles. The molecule has 1 N–H and O–H groups in total. The van der Waals surface area contributed by atoms with Crippen molar-refractivity contribution < 1.29 is 27.8 Å². The van der Waals surface area contributed by atoms with Crippen LogP contribution in [0.5, 0.6) is 0 Å². The molecule has 0 spiro atoms. The standard InChI is InChI=1S/C14H17F2NO4/c1-8(20-3)12(18)17-14(2,13(19)21-4)10-7-9(15)5-6-11(10)16/h5-8H,1-4H3,(H,17,18)/t8-,14-/m1/s1. The minimum Gasteiger partial charge on any atom is -0.467 e. The molecule has 2 atom stereocenters. The van der Waals surface area contributed by atoms with E-state index in [0.29, 0.717) is 0 Å². The van der Waals surface area contributed by atoms with Crippen LogP contribution in [0.2, 0.25) is 0 Å². The molecule has 0 saturated heterocycles. The quantitative estimate of drug-likeness (QED) is 0.837. The van der Waals surface area contributed by atoms with E-state index in [1.54, 1.807) is 0 Å². The average molecular weight is 301 g/mol. The Kier molecular flexibility index (Phi) is 5.37. The highest BCUT2D eigenvalue weighted by atomic mass is 19.1. The molecule has 0 heterocycles. The third-order valence-corrected chi connectivity index (χ3v) is 3.16. The van der Waals surface area contributed by atoms with Crippen molar-refractivity contribution in [2.45, 2.75) is 25.5 Å². The number of rotatable bonds is 5. The van der Waals surface area contributed by atoms with Gasteiger partial charge in [-0.05, 0) is 32.0 Å². The van der Waals surface area contributed by atoms with Crippen LogP contribution < -0.4 is 5.32 Å². The molecule has 1 aromatic rings. The predicted molar refractivity (Wildman–Crippen MR) is 70.3 cm³/mol. The van der Waals surface area contributed by atoms with E-state index < -0.39 is 35.2 Å². The van der Waals surface area contributed by atoms with E-state index in [1.165, 1.54) is 21.0 Å². The van der Waals surface area contributed by atoms with Gasteiger partial charge in [0.05, 0.1) is 7.11 Å². The van der Waals surface area contributed by atoms with Gasteiger partial charge < -0.3 is 14.8 Å². The average Bonchev–Trinajstić information content (AvgIpc) is 2.47. The van der Waals surface area contributed by atoms with E-state index in [4.69, 9.17) is 4.74 Å². The second kappa shape index (κ2) is 6.62. The number of benzene rings is 1. The van der Waals surface area contributed by atoms with Gasteiger partial charge in [-0.1, -0.05) is 0 Å². The second-order valence-electron chi connectivity index (χ2n) is 4.61. The molecule has 1 rings (SSSR count). The van der Waals surface area contributed by atoms with Gasteiger partial charge in [0.2, 0.25) is 5.91 Å². The van der Waals surface area contributed by atoms with Crippen LogP contribution in [-0.4, -0.2) is 32.2 Å². The number of amides is 1. The first kappa shape index (κ1) is 17.0. The largest absolute Gasteiger partial charge is 0.467 e. The van der Waals surface area contributed by atoms with Crippen molar-refractivity contribution in [1.82, 2.24) is 5.32 Å². The summed E-state index contributed by atoms with van der Waals surface area (Å²) in [6.45, 7) is 2.69. The number of halogens is 2. The summed E-state index contributed by atoms with van der Waals surface area (Å²) in [7, 11) is 2.40. The van der Waals surface area contributed by atoms with Gasteiger partial charge in [0, 0.05) is 12.7 Å². The van der Waals surface area contributed by atoms with Crippen LogP contribution in [0, 0.1) is 11.6 Å². The number of hydrogen-bond acceptors (Lipinski definition) is 4. The lowest BCUT2D eigenvalue weighted by atomic mass is 9.91. The zero-order chi connectivity index (χ0) is 16.2. The summed E-state index contributed by atoms with van der Waals surface area (Å²) in [6.07, 6.45) is -0.870. The number of hydrogen-bond donors (Lipinski definition) is 1. The Bertz CT molecular complexity index is 550. The summed E-state index contributed by atoms with van der Waals surface area (Å²) in [4.78, 5) is 23.9. The molecule has 21 heavy (non-hydrogen) atoms. The Morgan fingerprint density at radius 1 is 1.29 bits per heavy atom. The Morgan fingerprint density at radius 2 is 1.90 bits per heavy atom. The molecule has 0 aromatic heterocycles. The number of ether oxygens (including phenoxy) is 2. The topological polar surface area (TPSA) is 64.6 Å². The number of methoxy groups -OCH3 is 2. The van der Waals surface area contributed by atoms with E-state index in [1.807, 2.05) is 0 Å². The molecule has 5 nitrogen and oxygen atoms in total. The summed E-state index contributed by atoms with van der Waals surface area (Å²) in [6, 6.07) is 2.62. The number of esters is 1. The molecule has 0 saturated carbocycles. The first-order valence-electron chi connectivity index (χ1n) is 6.15. The molecule has 0 bridgehead atoms. The summed E-state index contributed by atoms with van der Waals surface area (Å²) >= 11 is 0. The highest BCUT2D eigenvalue weighted by Crippen LogP contribution is 2.26. The zero-order valence-electron chi connectivity index (χ0n) is 12.2. The molecule has 0 radical (unpaired) electrons. The van der Waals surface area contributed by atoms with Gasteiger partial charge in [-0.2, -0.15) is 0 Å². The summed E-state index contributed by atoms with van der Waals surface area (Å²) in [5, 5.41) is 2.33. The fourth-order valence-corrected chi connectivity index (χ4v) is 1.77. The summed E-state index contributed by atoms with van der Waals surface area (Å²) < 4.78 is 36.7. The maximum atomic E-state index is 13.9. The number of carbonyl (C=O) groups is 2. The van der Waals surface area contributed by atoms with Gasteiger partial charge in [0.1, 0.15) is 17.7 Å². The lowest BCUT2D eigenvalue weighted by Gasteiger charge is -2.29. The van der Waals surface area contributed by atoms with Gasteiger partial charge in [0.25, 0.3) is 0 Å². The lowest BCUT2D eigenvalue weighted by Crippen LogP contribution is -2.53. The molecule has 0 unspecified atom stereocenters. The first-order valence-corrected chi connectivity index (χ1v) is 6.15. The van der Waals surface area contributed by atoms with Crippen molar-refractivity contribution >= 4 is 11.9 Å². The van der Waals surface area contributed by atoms with E-state index in [-0.39, 0.29) is 5.56 Å². The first-order chi connectivity index (χ1) is 9.76. The van der Waals surface area contributed by atoms with Crippen molar-refractivity contribution in [1.29, 1.82) is 0 Å². The molecule has 1 amide bonds.